The predicted molar refractivity (Wildman–Crippen MR) is 163 cm³/mol. The number of ether oxygens (including phenoxy) is 2. The molecule has 2 bridgehead atoms. The van der Waals surface area contributed by atoms with Crippen molar-refractivity contribution in [2.24, 2.45) is 0 Å². The van der Waals surface area contributed by atoms with E-state index >= 15 is 0 Å². The van der Waals surface area contributed by atoms with Crippen molar-refractivity contribution in [2.75, 3.05) is 40.3 Å². The van der Waals surface area contributed by atoms with Crippen LogP contribution in [0.3, 0.4) is 0 Å². The number of hydrogen-bond acceptors (Lipinski definition) is 9. The molecular weight excluding hydrogens is 596 g/mol. The molecule has 2 aromatic carbocycles. The minimum absolute atomic E-state index is 0.0215. The number of rotatable bonds is 5. The predicted octanol–water partition coefficient (Wildman–Crippen LogP) is 0.380. The third-order valence-corrected chi connectivity index (χ3v) is 7.80. The molecule has 14 nitrogen and oxygen atoms in total. The molecule has 0 radical (unpaired) electrons. The number of hydrogen-bond donors (Lipinski definition) is 3. The molecule has 2 aliphatic heterocycles. The molecule has 0 saturated carbocycles. The highest BCUT2D eigenvalue weighted by atomic mass is 16.5. The molecule has 4 atom stereocenters. The number of fused-ring (bicyclic) bond motifs is 2. The third-order valence-electron chi connectivity index (χ3n) is 7.80. The largest absolute Gasteiger partial charge is 0.497 e. The first-order chi connectivity index (χ1) is 22.1. The molecular formula is C32H36N6O8. The first kappa shape index (κ1) is 32.2. The number of oxazole rings is 1. The van der Waals surface area contributed by atoms with Gasteiger partial charge in [-0.05, 0) is 36.8 Å². The Morgan fingerprint density at radius 2 is 1.74 bits per heavy atom. The van der Waals surface area contributed by atoms with Gasteiger partial charge in [-0.15, -0.1) is 0 Å². The molecule has 242 valence electrons. The van der Waals surface area contributed by atoms with E-state index < -0.39 is 53.8 Å². The van der Waals surface area contributed by atoms with E-state index in [0.29, 0.717) is 11.3 Å². The van der Waals surface area contributed by atoms with E-state index in [-0.39, 0.29) is 44.1 Å². The van der Waals surface area contributed by atoms with Gasteiger partial charge in [0.1, 0.15) is 17.8 Å². The zero-order chi connectivity index (χ0) is 32.8. The second kappa shape index (κ2) is 14.2. The molecule has 2 saturated heterocycles. The Hall–Kier alpha value is -5.24. The Balaban J connectivity index is 1.43. The molecule has 2 fully saturated rings. The molecule has 0 aliphatic carbocycles. The van der Waals surface area contributed by atoms with Crippen molar-refractivity contribution in [3.8, 4) is 17.1 Å². The van der Waals surface area contributed by atoms with E-state index in [0.717, 1.165) is 5.56 Å². The smallest absolute Gasteiger partial charge is 0.276 e. The van der Waals surface area contributed by atoms with Crippen molar-refractivity contribution in [3.63, 3.8) is 0 Å². The summed E-state index contributed by atoms with van der Waals surface area (Å²) in [5, 5.41) is 8.10. The first-order valence-electron chi connectivity index (χ1n) is 14.8. The Kier molecular flexibility index (Phi) is 9.96. The second-order valence-corrected chi connectivity index (χ2v) is 11.2. The number of methoxy groups -OCH3 is 1. The van der Waals surface area contributed by atoms with Gasteiger partial charge in [-0.1, -0.05) is 30.3 Å². The number of nitrogens with zero attached hydrogens (tertiary/aromatic N) is 3. The number of morpholine rings is 1. The van der Waals surface area contributed by atoms with Gasteiger partial charge in [-0.25, -0.2) is 4.98 Å². The lowest BCUT2D eigenvalue weighted by Crippen LogP contribution is -2.59. The summed E-state index contributed by atoms with van der Waals surface area (Å²) in [4.78, 5) is 73.5. The quantitative estimate of drug-likeness (QED) is 0.360. The summed E-state index contributed by atoms with van der Waals surface area (Å²) in [6.07, 6.45) is -0.665. The van der Waals surface area contributed by atoms with Crippen LogP contribution in [0, 0.1) is 0 Å². The van der Waals surface area contributed by atoms with Crippen LogP contribution < -0.4 is 20.7 Å². The van der Waals surface area contributed by atoms with Crippen molar-refractivity contribution in [3.05, 3.63) is 72.2 Å². The molecule has 3 heterocycles. The molecule has 1 aromatic heterocycles. The topological polar surface area (TPSA) is 172 Å². The molecule has 0 spiro atoms. The van der Waals surface area contributed by atoms with Gasteiger partial charge in [0.05, 0.1) is 26.3 Å². The second-order valence-electron chi connectivity index (χ2n) is 11.2. The van der Waals surface area contributed by atoms with Crippen LogP contribution in [0.15, 0.2) is 65.4 Å². The van der Waals surface area contributed by atoms with Gasteiger partial charge in [-0.3, -0.25) is 24.0 Å². The van der Waals surface area contributed by atoms with E-state index in [4.69, 9.17) is 13.9 Å². The van der Waals surface area contributed by atoms with Crippen LogP contribution in [0.1, 0.15) is 23.0 Å². The van der Waals surface area contributed by atoms with E-state index in [2.05, 4.69) is 20.9 Å². The van der Waals surface area contributed by atoms with Crippen LogP contribution in [0.2, 0.25) is 0 Å². The Bertz CT molecular complexity index is 1580. The fourth-order valence-corrected chi connectivity index (χ4v) is 5.35. The minimum atomic E-state index is -1.19. The number of benzene rings is 2. The van der Waals surface area contributed by atoms with Gasteiger partial charge in [0, 0.05) is 32.1 Å². The highest BCUT2D eigenvalue weighted by Crippen LogP contribution is 2.27. The van der Waals surface area contributed by atoms with Crippen LogP contribution in [0.5, 0.6) is 5.75 Å². The van der Waals surface area contributed by atoms with Crippen LogP contribution >= 0.6 is 0 Å². The Labute approximate surface area is 265 Å². The maximum absolute atomic E-state index is 13.9. The SMILES string of the molecule is COc1ccc(-c2ocnc2C(=O)N2C[C@@H]3CNC(=O)[C@@H](C)NC(=O)CN(C)C(=O)[C@@H](Cc4ccccc4)NC(=O)[C@@H](C2)O3)cc1. The summed E-state index contributed by atoms with van der Waals surface area (Å²) in [6.45, 7) is 1.01. The Morgan fingerprint density at radius 1 is 1.00 bits per heavy atom. The number of aromatic nitrogens is 1. The molecule has 5 rings (SSSR count). The number of carbonyl (C=O) groups excluding carboxylic acids is 5. The lowest BCUT2D eigenvalue weighted by Gasteiger charge is -2.38. The summed E-state index contributed by atoms with van der Waals surface area (Å²) < 4.78 is 16.9. The maximum Gasteiger partial charge on any atom is 0.276 e. The lowest BCUT2D eigenvalue weighted by atomic mass is 10.0. The summed E-state index contributed by atoms with van der Waals surface area (Å²) in [5.74, 6) is -1.80. The average molecular weight is 633 g/mol. The van der Waals surface area contributed by atoms with Crippen molar-refractivity contribution in [2.45, 2.75) is 37.6 Å². The standard InChI is InChI=1S/C32H36N6O8/c1-19-29(40)33-14-23-15-38(32(43)27-28(45-18-34-27)21-9-11-22(44-3)12-10-21)16-25(46-23)30(41)36-24(13-20-7-5-4-6-8-20)31(42)37(2)17-26(39)35-19/h4-12,18-19,23-25H,13-17H2,1-3H3,(H,33,40)(H,35,39)(H,36,41)/t19-,23+,24-,25-/m1/s1. The van der Waals surface area contributed by atoms with Gasteiger partial charge in [-0.2, -0.15) is 0 Å². The van der Waals surface area contributed by atoms with E-state index in [1.165, 1.54) is 30.2 Å². The molecule has 0 unspecified atom stereocenters. The van der Waals surface area contributed by atoms with Crippen molar-refractivity contribution in [1.82, 2.24) is 30.7 Å². The summed E-state index contributed by atoms with van der Waals surface area (Å²) in [7, 11) is 2.99. The highest BCUT2D eigenvalue weighted by Gasteiger charge is 2.39. The fraction of sp³-hybridized carbons (Fsp3) is 0.375. The van der Waals surface area contributed by atoms with Gasteiger partial charge < -0.3 is 39.6 Å². The van der Waals surface area contributed by atoms with E-state index in [1.807, 2.05) is 30.3 Å². The third kappa shape index (κ3) is 7.51. The molecule has 5 amide bonds. The molecule has 3 aromatic rings. The average Bonchev–Trinajstić information content (AvgIpc) is 3.56. The minimum Gasteiger partial charge on any atom is -0.497 e. The fourth-order valence-electron chi connectivity index (χ4n) is 5.35. The normalized spacial score (nSPS) is 23.0. The van der Waals surface area contributed by atoms with Crippen LogP contribution in [0.25, 0.3) is 11.3 Å². The zero-order valence-electron chi connectivity index (χ0n) is 25.7. The maximum atomic E-state index is 13.9. The number of nitrogens with one attached hydrogen (secondary N) is 3. The van der Waals surface area contributed by atoms with Crippen molar-refractivity contribution >= 4 is 29.5 Å². The van der Waals surface area contributed by atoms with Gasteiger partial charge in [0.25, 0.3) is 11.8 Å². The Morgan fingerprint density at radius 3 is 2.46 bits per heavy atom. The van der Waals surface area contributed by atoms with E-state index in [9.17, 15) is 24.0 Å². The van der Waals surface area contributed by atoms with Crippen LogP contribution in [0.4, 0.5) is 0 Å². The van der Waals surface area contributed by atoms with Gasteiger partial charge in [0.2, 0.25) is 17.7 Å². The van der Waals surface area contributed by atoms with Gasteiger partial charge in [0.15, 0.2) is 24.0 Å². The van der Waals surface area contributed by atoms with E-state index in [1.54, 1.807) is 31.4 Å². The number of likely N-dealkylation sites (N-methyl/N-ethyl adjacent to an activating group) is 1. The molecule has 46 heavy (non-hydrogen) atoms. The molecule has 2 aliphatic rings. The van der Waals surface area contributed by atoms with Crippen LogP contribution in [-0.4, -0.2) is 109 Å². The van der Waals surface area contributed by atoms with Crippen LogP contribution in [-0.2, 0) is 30.3 Å². The molecule has 14 heteroatoms. The summed E-state index contributed by atoms with van der Waals surface area (Å²) in [5.41, 5.74) is 1.42. The number of amides is 5. The summed E-state index contributed by atoms with van der Waals surface area (Å²) in [6, 6.07) is 14.1. The summed E-state index contributed by atoms with van der Waals surface area (Å²) >= 11 is 0. The van der Waals surface area contributed by atoms with Crippen molar-refractivity contribution in [1.29, 1.82) is 0 Å². The zero-order valence-corrected chi connectivity index (χ0v) is 25.7. The first-order valence-corrected chi connectivity index (χ1v) is 14.8. The lowest BCUT2D eigenvalue weighted by molar-refractivity contribution is -0.148. The molecule has 3 N–H and O–H groups in total. The van der Waals surface area contributed by atoms with Gasteiger partial charge >= 0.3 is 0 Å². The number of carbonyl (C=O) groups is 5. The van der Waals surface area contributed by atoms with Crippen molar-refractivity contribution < 1.29 is 37.9 Å². The monoisotopic (exact) mass is 632 g/mol. The highest BCUT2D eigenvalue weighted by molar-refractivity contribution is 5.98.